The van der Waals surface area contributed by atoms with E-state index in [0.717, 1.165) is 10.6 Å². The molecular formula is C13H8F2N2O. The van der Waals surface area contributed by atoms with E-state index in [1.807, 2.05) is 0 Å². The monoisotopic (exact) mass is 246 g/mol. The van der Waals surface area contributed by atoms with Gasteiger partial charge in [-0.1, -0.05) is 0 Å². The van der Waals surface area contributed by atoms with Crippen LogP contribution in [0.1, 0.15) is 11.3 Å². The summed E-state index contributed by atoms with van der Waals surface area (Å²) in [5.74, 6) is -1.58. The van der Waals surface area contributed by atoms with Crippen molar-refractivity contribution in [3.63, 3.8) is 0 Å². The molecular weight excluding hydrogens is 238 g/mol. The molecule has 0 saturated carbocycles. The predicted octanol–water partition coefficient (Wildman–Crippen LogP) is 2.30. The maximum absolute atomic E-state index is 13.6. The first-order chi connectivity index (χ1) is 8.54. The summed E-state index contributed by atoms with van der Waals surface area (Å²) in [4.78, 5) is 11.9. The lowest BCUT2D eigenvalue weighted by atomic mass is 10.2. The largest absolute Gasteiger partial charge is 0.277 e. The van der Waals surface area contributed by atoms with Crippen LogP contribution in [0.15, 0.2) is 35.1 Å². The Kier molecular flexibility index (Phi) is 2.94. The van der Waals surface area contributed by atoms with Crippen LogP contribution in [0.5, 0.6) is 0 Å². The zero-order valence-corrected chi connectivity index (χ0v) is 9.45. The first kappa shape index (κ1) is 12.0. The van der Waals surface area contributed by atoms with Gasteiger partial charge in [-0.25, -0.2) is 8.78 Å². The molecule has 1 aromatic heterocycles. The maximum Gasteiger partial charge on any atom is 0.273 e. The van der Waals surface area contributed by atoms with Gasteiger partial charge in [-0.2, -0.15) is 5.26 Å². The number of benzene rings is 1. The van der Waals surface area contributed by atoms with Crippen LogP contribution in [0.3, 0.4) is 0 Å². The number of pyridine rings is 1. The van der Waals surface area contributed by atoms with E-state index >= 15 is 0 Å². The van der Waals surface area contributed by atoms with Crippen LogP contribution in [0.2, 0.25) is 0 Å². The van der Waals surface area contributed by atoms with Crippen molar-refractivity contribution in [3.8, 4) is 11.8 Å². The molecule has 0 aliphatic carbocycles. The van der Waals surface area contributed by atoms with E-state index < -0.39 is 17.2 Å². The lowest BCUT2D eigenvalue weighted by Crippen LogP contribution is -2.23. The summed E-state index contributed by atoms with van der Waals surface area (Å²) in [6, 6.07) is 7.56. The molecule has 18 heavy (non-hydrogen) atoms. The van der Waals surface area contributed by atoms with E-state index in [9.17, 15) is 13.6 Å². The average molecular weight is 246 g/mol. The third-order valence-electron chi connectivity index (χ3n) is 2.55. The van der Waals surface area contributed by atoms with Crippen molar-refractivity contribution in [2.45, 2.75) is 6.92 Å². The molecule has 0 N–H and O–H groups in total. The molecule has 0 aliphatic rings. The molecule has 0 radical (unpaired) electrons. The molecule has 0 unspecified atom stereocenters. The molecule has 0 aliphatic heterocycles. The molecule has 1 heterocycles. The first-order valence-electron chi connectivity index (χ1n) is 5.13. The summed E-state index contributed by atoms with van der Waals surface area (Å²) < 4.78 is 27.5. The smallest absolute Gasteiger partial charge is 0.273 e. The Balaban J connectivity index is 2.79. The van der Waals surface area contributed by atoms with Crippen LogP contribution in [-0.2, 0) is 0 Å². The zero-order valence-electron chi connectivity index (χ0n) is 9.45. The summed E-state index contributed by atoms with van der Waals surface area (Å²) in [7, 11) is 0. The average Bonchev–Trinajstić information content (AvgIpc) is 2.32. The van der Waals surface area contributed by atoms with Crippen molar-refractivity contribution in [1.82, 2.24) is 4.57 Å². The number of aryl methyl sites for hydroxylation is 1. The highest BCUT2D eigenvalue weighted by Gasteiger charge is 2.12. The second-order valence-electron chi connectivity index (χ2n) is 3.74. The highest BCUT2D eigenvalue weighted by atomic mass is 19.1. The number of halogens is 2. The van der Waals surface area contributed by atoms with Crippen molar-refractivity contribution in [2.75, 3.05) is 0 Å². The molecule has 3 nitrogen and oxygen atoms in total. The quantitative estimate of drug-likeness (QED) is 0.775. The molecule has 0 bridgehead atoms. The number of hydrogen-bond acceptors (Lipinski definition) is 2. The van der Waals surface area contributed by atoms with E-state index in [4.69, 9.17) is 5.26 Å². The number of aromatic nitrogens is 1. The lowest BCUT2D eigenvalue weighted by Gasteiger charge is -2.10. The Hall–Kier alpha value is -2.48. The van der Waals surface area contributed by atoms with Gasteiger partial charge in [0.15, 0.2) is 0 Å². The second-order valence-corrected chi connectivity index (χ2v) is 3.74. The third-order valence-corrected chi connectivity index (χ3v) is 2.55. The fourth-order valence-electron chi connectivity index (χ4n) is 1.68. The summed E-state index contributed by atoms with van der Waals surface area (Å²) in [6.07, 6.45) is 0. The molecule has 2 aromatic rings. The van der Waals surface area contributed by atoms with Crippen LogP contribution in [0.4, 0.5) is 8.78 Å². The standard InChI is InChI=1S/C13H8F2N2O/c1-8-2-3-9(7-16)13(18)17(8)12-5-4-10(14)6-11(12)15/h2-6H,1H3. The number of hydrogen-bond donors (Lipinski definition) is 0. The molecule has 90 valence electrons. The molecule has 0 spiro atoms. The van der Waals surface area contributed by atoms with E-state index in [1.165, 1.54) is 18.2 Å². The van der Waals surface area contributed by atoms with Crippen LogP contribution in [0.25, 0.3) is 5.69 Å². The third kappa shape index (κ3) is 1.89. The van der Waals surface area contributed by atoms with Gasteiger partial charge in [-0.3, -0.25) is 9.36 Å². The van der Waals surface area contributed by atoms with Crippen LogP contribution in [0, 0.1) is 29.9 Å². The van der Waals surface area contributed by atoms with Gasteiger partial charge in [0.25, 0.3) is 5.56 Å². The van der Waals surface area contributed by atoms with E-state index in [1.54, 1.807) is 13.0 Å². The van der Waals surface area contributed by atoms with Crippen LogP contribution in [-0.4, -0.2) is 4.57 Å². The molecule has 0 fully saturated rings. The first-order valence-corrected chi connectivity index (χ1v) is 5.13. The second kappa shape index (κ2) is 4.41. The normalized spacial score (nSPS) is 10.1. The van der Waals surface area contributed by atoms with Crippen molar-refractivity contribution in [1.29, 1.82) is 5.26 Å². The number of nitriles is 1. The fourth-order valence-corrected chi connectivity index (χ4v) is 1.68. The number of nitrogens with zero attached hydrogens (tertiary/aromatic N) is 2. The topological polar surface area (TPSA) is 45.8 Å². The molecule has 0 amide bonds. The summed E-state index contributed by atoms with van der Waals surface area (Å²) in [5.41, 5.74) is -0.326. The molecule has 1 aromatic carbocycles. The van der Waals surface area contributed by atoms with Gasteiger partial charge in [0.1, 0.15) is 23.3 Å². The van der Waals surface area contributed by atoms with E-state index in [2.05, 4.69) is 0 Å². The minimum atomic E-state index is -0.852. The van der Waals surface area contributed by atoms with Crippen LogP contribution < -0.4 is 5.56 Å². The van der Waals surface area contributed by atoms with Gasteiger partial charge in [-0.15, -0.1) is 0 Å². The van der Waals surface area contributed by atoms with Gasteiger partial charge in [0, 0.05) is 11.8 Å². The molecule has 0 saturated heterocycles. The Morgan fingerprint density at radius 2 is 1.94 bits per heavy atom. The lowest BCUT2D eigenvalue weighted by molar-refractivity contribution is 0.575. The minimum absolute atomic E-state index is 0.0731. The molecule has 2 rings (SSSR count). The van der Waals surface area contributed by atoms with E-state index in [-0.39, 0.29) is 11.3 Å². The van der Waals surface area contributed by atoms with Gasteiger partial charge < -0.3 is 0 Å². The van der Waals surface area contributed by atoms with Gasteiger partial charge in [0.05, 0.1) is 5.69 Å². The number of rotatable bonds is 1. The van der Waals surface area contributed by atoms with Crippen molar-refractivity contribution in [3.05, 3.63) is 63.6 Å². The minimum Gasteiger partial charge on any atom is -0.277 e. The maximum atomic E-state index is 13.6. The van der Waals surface area contributed by atoms with Crippen molar-refractivity contribution in [2.24, 2.45) is 0 Å². The van der Waals surface area contributed by atoms with Crippen LogP contribution >= 0.6 is 0 Å². The highest BCUT2D eigenvalue weighted by Crippen LogP contribution is 2.15. The highest BCUT2D eigenvalue weighted by molar-refractivity contribution is 5.39. The van der Waals surface area contributed by atoms with Crippen molar-refractivity contribution < 1.29 is 8.78 Å². The Labute approximate surface area is 102 Å². The SMILES string of the molecule is Cc1ccc(C#N)c(=O)n1-c1ccc(F)cc1F. The Bertz CT molecular complexity index is 714. The zero-order chi connectivity index (χ0) is 13.3. The fraction of sp³-hybridized carbons (Fsp3) is 0.0769. The summed E-state index contributed by atoms with van der Waals surface area (Å²) in [5, 5.41) is 8.78. The van der Waals surface area contributed by atoms with Gasteiger partial charge >= 0.3 is 0 Å². The Morgan fingerprint density at radius 3 is 2.56 bits per heavy atom. The summed E-state index contributed by atoms with van der Waals surface area (Å²) >= 11 is 0. The predicted molar refractivity (Wildman–Crippen MR) is 61.4 cm³/mol. The molecule has 0 atom stereocenters. The van der Waals surface area contributed by atoms with Crippen molar-refractivity contribution >= 4 is 0 Å². The Morgan fingerprint density at radius 1 is 1.22 bits per heavy atom. The van der Waals surface area contributed by atoms with E-state index in [0.29, 0.717) is 11.8 Å². The van der Waals surface area contributed by atoms with Gasteiger partial charge in [0.2, 0.25) is 0 Å². The molecule has 5 heteroatoms. The van der Waals surface area contributed by atoms with Gasteiger partial charge in [-0.05, 0) is 31.2 Å². The summed E-state index contributed by atoms with van der Waals surface area (Å²) in [6.45, 7) is 1.60.